The molecule has 1 heterocycles. The first-order chi connectivity index (χ1) is 7.70. The lowest BCUT2D eigenvalue weighted by atomic mass is 10.1. The second-order valence-electron chi connectivity index (χ2n) is 3.50. The summed E-state index contributed by atoms with van der Waals surface area (Å²) in [6.07, 6.45) is 2.67. The molecule has 1 aromatic rings. The summed E-state index contributed by atoms with van der Waals surface area (Å²) in [6.45, 7) is 6.91. The Morgan fingerprint density at radius 2 is 2.25 bits per heavy atom. The maximum atomic E-state index is 11.7. The van der Waals surface area contributed by atoms with Gasteiger partial charge in [0.1, 0.15) is 11.4 Å². The minimum absolute atomic E-state index is 0.313. The fourth-order valence-corrected chi connectivity index (χ4v) is 1.40. The van der Waals surface area contributed by atoms with Crippen LogP contribution in [0, 0.1) is 6.92 Å². The molecule has 0 aliphatic rings. The van der Waals surface area contributed by atoms with Gasteiger partial charge >= 0.3 is 5.97 Å². The SMILES string of the molecule is CCCNc1nccc(C)c1C(=O)OCC. The molecule has 4 heteroatoms. The van der Waals surface area contributed by atoms with Gasteiger partial charge in [-0.05, 0) is 31.9 Å². The molecule has 0 unspecified atom stereocenters. The number of aryl methyl sites for hydroxylation is 1. The van der Waals surface area contributed by atoms with Gasteiger partial charge in [-0.3, -0.25) is 0 Å². The number of carbonyl (C=O) groups excluding carboxylic acids is 1. The standard InChI is InChI=1S/C12H18N2O2/c1-4-7-13-11-10(12(15)16-5-2)9(3)6-8-14-11/h6,8H,4-5,7H2,1-3H3,(H,13,14). The van der Waals surface area contributed by atoms with Crippen molar-refractivity contribution in [3.05, 3.63) is 23.4 Å². The van der Waals surface area contributed by atoms with E-state index in [0.717, 1.165) is 18.5 Å². The lowest BCUT2D eigenvalue weighted by molar-refractivity contribution is 0.0526. The van der Waals surface area contributed by atoms with Crippen molar-refractivity contribution in [3.63, 3.8) is 0 Å². The molecule has 0 saturated carbocycles. The van der Waals surface area contributed by atoms with Crippen molar-refractivity contribution in [1.82, 2.24) is 4.98 Å². The van der Waals surface area contributed by atoms with Gasteiger partial charge in [0.15, 0.2) is 0 Å². The molecule has 1 aromatic heterocycles. The lowest BCUT2D eigenvalue weighted by Crippen LogP contribution is -2.13. The first kappa shape index (κ1) is 12.5. The van der Waals surface area contributed by atoms with Gasteiger partial charge in [0.25, 0.3) is 0 Å². The third-order valence-electron chi connectivity index (χ3n) is 2.18. The van der Waals surface area contributed by atoms with Gasteiger partial charge in [-0.2, -0.15) is 0 Å². The van der Waals surface area contributed by atoms with Gasteiger partial charge < -0.3 is 10.1 Å². The Morgan fingerprint density at radius 1 is 1.50 bits per heavy atom. The highest BCUT2D eigenvalue weighted by atomic mass is 16.5. The molecule has 1 N–H and O–H groups in total. The van der Waals surface area contributed by atoms with Crippen LogP contribution in [0.25, 0.3) is 0 Å². The molecule has 88 valence electrons. The molecule has 0 spiro atoms. The number of hydrogen-bond acceptors (Lipinski definition) is 4. The van der Waals surface area contributed by atoms with Gasteiger partial charge in [-0.25, -0.2) is 9.78 Å². The molecule has 0 amide bonds. The minimum atomic E-state index is -0.313. The molecule has 1 rings (SSSR count). The second kappa shape index (κ2) is 6.10. The van der Waals surface area contributed by atoms with Gasteiger partial charge in [-0.1, -0.05) is 6.92 Å². The number of esters is 1. The highest BCUT2D eigenvalue weighted by Gasteiger charge is 2.15. The zero-order chi connectivity index (χ0) is 12.0. The van der Waals surface area contributed by atoms with Crippen molar-refractivity contribution in [2.24, 2.45) is 0 Å². The average Bonchev–Trinajstić information content (AvgIpc) is 2.26. The van der Waals surface area contributed by atoms with Gasteiger partial charge in [0.2, 0.25) is 0 Å². The van der Waals surface area contributed by atoms with E-state index < -0.39 is 0 Å². The number of anilines is 1. The molecule has 0 aliphatic heterocycles. The number of hydrogen-bond donors (Lipinski definition) is 1. The molecule has 0 atom stereocenters. The summed E-state index contributed by atoms with van der Waals surface area (Å²) in [5.74, 6) is 0.298. The van der Waals surface area contributed by atoms with Crippen LogP contribution < -0.4 is 5.32 Å². The number of aromatic nitrogens is 1. The van der Waals surface area contributed by atoms with Crippen LogP contribution in [0.4, 0.5) is 5.82 Å². The molecule has 0 aromatic carbocycles. The topological polar surface area (TPSA) is 51.2 Å². The molecule has 0 bridgehead atoms. The molecule has 4 nitrogen and oxygen atoms in total. The van der Waals surface area contributed by atoms with Crippen LogP contribution in [0.5, 0.6) is 0 Å². The van der Waals surface area contributed by atoms with Crippen molar-refractivity contribution in [2.75, 3.05) is 18.5 Å². The van der Waals surface area contributed by atoms with E-state index in [1.165, 1.54) is 0 Å². The highest BCUT2D eigenvalue weighted by Crippen LogP contribution is 2.17. The van der Waals surface area contributed by atoms with Gasteiger partial charge in [-0.15, -0.1) is 0 Å². The fourth-order valence-electron chi connectivity index (χ4n) is 1.40. The van der Waals surface area contributed by atoms with E-state index in [9.17, 15) is 4.79 Å². The largest absolute Gasteiger partial charge is 0.462 e. The Labute approximate surface area is 96.0 Å². The number of nitrogens with zero attached hydrogens (tertiary/aromatic N) is 1. The predicted octanol–water partition coefficient (Wildman–Crippen LogP) is 2.39. The maximum absolute atomic E-state index is 11.7. The summed E-state index contributed by atoms with van der Waals surface area (Å²) in [5.41, 5.74) is 1.42. The zero-order valence-corrected chi connectivity index (χ0v) is 10.0. The van der Waals surface area contributed by atoms with Crippen molar-refractivity contribution in [1.29, 1.82) is 0 Å². The molecule has 0 aliphatic carbocycles. The van der Waals surface area contributed by atoms with E-state index in [1.54, 1.807) is 13.1 Å². The lowest BCUT2D eigenvalue weighted by Gasteiger charge is -2.11. The van der Waals surface area contributed by atoms with Crippen LogP contribution >= 0.6 is 0 Å². The van der Waals surface area contributed by atoms with Crippen molar-refractivity contribution >= 4 is 11.8 Å². The van der Waals surface area contributed by atoms with Gasteiger partial charge in [0, 0.05) is 12.7 Å². The Morgan fingerprint density at radius 3 is 2.88 bits per heavy atom. The molecular formula is C12H18N2O2. The van der Waals surface area contributed by atoms with E-state index in [1.807, 2.05) is 13.0 Å². The van der Waals surface area contributed by atoms with E-state index in [2.05, 4.69) is 17.2 Å². The maximum Gasteiger partial charge on any atom is 0.342 e. The third-order valence-corrected chi connectivity index (χ3v) is 2.18. The number of pyridine rings is 1. The van der Waals surface area contributed by atoms with E-state index in [4.69, 9.17) is 4.74 Å². The number of ether oxygens (including phenoxy) is 1. The van der Waals surface area contributed by atoms with Gasteiger partial charge in [0.05, 0.1) is 6.61 Å². The van der Waals surface area contributed by atoms with Crippen LogP contribution in [-0.4, -0.2) is 24.1 Å². The smallest absolute Gasteiger partial charge is 0.342 e. The van der Waals surface area contributed by atoms with Crippen LogP contribution in [-0.2, 0) is 4.74 Å². The third kappa shape index (κ3) is 2.95. The van der Waals surface area contributed by atoms with E-state index >= 15 is 0 Å². The van der Waals surface area contributed by atoms with Crippen molar-refractivity contribution in [3.8, 4) is 0 Å². The molecular weight excluding hydrogens is 204 g/mol. The Kier molecular flexibility index (Phi) is 4.76. The summed E-state index contributed by atoms with van der Waals surface area (Å²) < 4.78 is 5.01. The van der Waals surface area contributed by atoms with E-state index in [0.29, 0.717) is 18.0 Å². The predicted molar refractivity (Wildman–Crippen MR) is 63.7 cm³/mol. The summed E-state index contributed by atoms with van der Waals surface area (Å²) in [6, 6.07) is 1.81. The average molecular weight is 222 g/mol. The summed E-state index contributed by atoms with van der Waals surface area (Å²) in [4.78, 5) is 15.9. The van der Waals surface area contributed by atoms with Crippen molar-refractivity contribution in [2.45, 2.75) is 27.2 Å². The van der Waals surface area contributed by atoms with Crippen molar-refractivity contribution < 1.29 is 9.53 Å². The highest BCUT2D eigenvalue weighted by molar-refractivity contribution is 5.96. The molecule has 0 fully saturated rings. The Balaban J connectivity index is 2.98. The monoisotopic (exact) mass is 222 g/mol. The summed E-state index contributed by atoms with van der Waals surface area (Å²) >= 11 is 0. The second-order valence-corrected chi connectivity index (χ2v) is 3.50. The van der Waals surface area contributed by atoms with Crippen LogP contribution in [0.1, 0.15) is 36.2 Å². The normalized spacial score (nSPS) is 9.94. The van der Waals surface area contributed by atoms with Crippen LogP contribution in [0.3, 0.4) is 0 Å². The number of rotatable bonds is 5. The Bertz CT molecular complexity index is 364. The number of nitrogens with one attached hydrogen (secondary N) is 1. The molecule has 0 saturated heterocycles. The number of carbonyl (C=O) groups is 1. The quantitative estimate of drug-likeness (QED) is 0.777. The van der Waals surface area contributed by atoms with Crippen LogP contribution in [0.2, 0.25) is 0 Å². The summed E-state index contributed by atoms with van der Waals surface area (Å²) in [7, 11) is 0. The summed E-state index contributed by atoms with van der Waals surface area (Å²) in [5, 5.41) is 3.13. The first-order valence-electron chi connectivity index (χ1n) is 5.57. The zero-order valence-electron chi connectivity index (χ0n) is 10.0. The molecule has 16 heavy (non-hydrogen) atoms. The molecule has 0 radical (unpaired) electrons. The van der Waals surface area contributed by atoms with E-state index in [-0.39, 0.29) is 5.97 Å². The van der Waals surface area contributed by atoms with Crippen LogP contribution in [0.15, 0.2) is 12.3 Å². The fraction of sp³-hybridized carbons (Fsp3) is 0.500. The first-order valence-corrected chi connectivity index (χ1v) is 5.57. The Hall–Kier alpha value is -1.58. The minimum Gasteiger partial charge on any atom is -0.462 e.